The normalized spacial score (nSPS) is 13.2. The van der Waals surface area contributed by atoms with Crippen molar-refractivity contribution in [2.45, 2.75) is 44.6 Å². The number of carbonyl (C=O) groups is 1. The zero-order valence-corrected chi connectivity index (χ0v) is 11.4. The number of hydrogen-bond acceptors (Lipinski definition) is 6. The number of nitrogens with zero attached hydrogens (tertiary/aromatic N) is 2. The van der Waals surface area contributed by atoms with Gasteiger partial charge in [0.2, 0.25) is 5.89 Å². The summed E-state index contributed by atoms with van der Waals surface area (Å²) in [6.45, 7) is 7.16. The van der Waals surface area contributed by atoms with E-state index in [2.05, 4.69) is 15.5 Å². The molecule has 0 radical (unpaired) electrons. The van der Waals surface area contributed by atoms with E-state index in [9.17, 15) is 4.79 Å². The van der Waals surface area contributed by atoms with Gasteiger partial charge in [-0.1, -0.05) is 11.8 Å². The Bertz CT molecular complexity index is 386. The minimum atomic E-state index is -0.525. The highest BCUT2D eigenvalue weighted by Gasteiger charge is 2.20. The first-order valence-electron chi connectivity index (χ1n) is 5.18. The maximum atomic E-state index is 11.5. The molecule has 0 fully saturated rings. The van der Waals surface area contributed by atoms with E-state index in [1.54, 1.807) is 27.7 Å². The molecule has 1 rings (SSSR count). The first kappa shape index (κ1) is 13.8. The van der Waals surface area contributed by atoms with Crippen LogP contribution in [0.5, 0.6) is 0 Å². The monoisotopic (exact) mass is 259 g/mol. The number of nitrogens with one attached hydrogen (secondary N) is 1. The molecule has 1 atom stereocenters. The lowest BCUT2D eigenvalue weighted by Crippen LogP contribution is -2.34. The average molecular weight is 259 g/mol. The van der Waals surface area contributed by atoms with E-state index in [0.717, 1.165) is 0 Å². The molecule has 7 heteroatoms. The molecule has 96 valence electrons. The van der Waals surface area contributed by atoms with Crippen molar-refractivity contribution in [3.05, 3.63) is 5.89 Å². The molecule has 1 N–H and O–H groups in total. The molecule has 1 amide bonds. The summed E-state index contributed by atoms with van der Waals surface area (Å²) in [5, 5.41) is 10.7. The largest absolute Gasteiger partial charge is 0.444 e. The van der Waals surface area contributed by atoms with Crippen LogP contribution in [0, 0.1) is 0 Å². The fraction of sp³-hybridized carbons (Fsp3) is 0.700. The lowest BCUT2D eigenvalue weighted by atomic mass is 10.2. The first-order chi connectivity index (χ1) is 7.81. The van der Waals surface area contributed by atoms with E-state index in [1.807, 2.05) is 6.26 Å². The molecule has 0 spiro atoms. The number of amides is 1. The van der Waals surface area contributed by atoms with Crippen molar-refractivity contribution in [2.24, 2.45) is 0 Å². The zero-order chi connectivity index (χ0) is 13.1. The van der Waals surface area contributed by atoms with Gasteiger partial charge in [0.25, 0.3) is 5.22 Å². The molecule has 1 aromatic rings. The number of alkyl carbamates (subject to hydrolysis) is 1. The maximum Gasteiger partial charge on any atom is 0.408 e. The molecule has 0 aliphatic rings. The molecular weight excluding hydrogens is 242 g/mol. The second-order valence-electron chi connectivity index (χ2n) is 4.48. The number of ether oxygens (including phenoxy) is 1. The topological polar surface area (TPSA) is 77.2 Å². The molecule has 0 aliphatic heterocycles. The summed E-state index contributed by atoms with van der Waals surface area (Å²) < 4.78 is 10.4. The Balaban J connectivity index is 2.54. The first-order valence-corrected chi connectivity index (χ1v) is 6.41. The predicted octanol–water partition coefficient (Wildman–Crippen LogP) is 2.38. The van der Waals surface area contributed by atoms with Gasteiger partial charge in [-0.3, -0.25) is 0 Å². The van der Waals surface area contributed by atoms with Gasteiger partial charge in [0.15, 0.2) is 0 Å². The fourth-order valence-corrected chi connectivity index (χ4v) is 1.32. The molecular formula is C10H17N3O3S. The summed E-state index contributed by atoms with van der Waals surface area (Å²) in [5.74, 6) is 0.361. The van der Waals surface area contributed by atoms with E-state index in [0.29, 0.717) is 11.1 Å². The van der Waals surface area contributed by atoms with Gasteiger partial charge in [-0.2, -0.15) is 0 Å². The van der Waals surface area contributed by atoms with Crippen LogP contribution in [0.2, 0.25) is 0 Å². The third-order valence-corrected chi connectivity index (χ3v) is 2.21. The van der Waals surface area contributed by atoms with Crippen LogP contribution in [0.25, 0.3) is 0 Å². The van der Waals surface area contributed by atoms with Gasteiger partial charge in [0, 0.05) is 0 Å². The van der Waals surface area contributed by atoms with Gasteiger partial charge in [-0.25, -0.2) is 4.79 Å². The van der Waals surface area contributed by atoms with Crippen molar-refractivity contribution >= 4 is 17.9 Å². The molecule has 0 bridgehead atoms. The second-order valence-corrected chi connectivity index (χ2v) is 5.24. The molecule has 0 aromatic carbocycles. The molecule has 1 aromatic heterocycles. The van der Waals surface area contributed by atoms with Crippen molar-refractivity contribution in [3.8, 4) is 0 Å². The lowest BCUT2D eigenvalue weighted by Gasteiger charge is -2.20. The van der Waals surface area contributed by atoms with Crippen LogP contribution in [0.3, 0.4) is 0 Å². The average Bonchev–Trinajstić information content (AvgIpc) is 2.62. The molecule has 0 aliphatic carbocycles. The molecule has 1 heterocycles. The van der Waals surface area contributed by atoms with Crippen LogP contribution in [0.1, 0.15) is 39.6 Å². The lowest BCUT2D eigenvalue weighted by molar-refractivity contribution is 0.0500. The summed E-state index contributed by atoms with van der Waals surface area (Å²) in [5.41, 5.74) is -0.525. The number of thioether (sulfide) groups is 1. The summed E-state index contributed by atoms with van der Waals surface area (Å²) in [7, 11) is 0. The predicted molar refractivity (Wildman–Crippen MR) is 63.9 cm³/mol. The second kappa shape index (κ2) is 5.39. The van der Waals surface area contributed by atoms with Gasteiger partial charge in [-0.15, -0.1) is 10.2 Å². The number of aromatic nitrogens is 2. The van der Waals surface area contributed by atoms with E-state index in [4.69, 9.17) is 9.15 Å². The van der Waals surface area contributed by atoms with Gasteiger partial charge in [0.05, 0.1) is 0 Å². The third-order valence-electron chi connectivity index (χ3n) is 1.70. The summed E-state index contributed by atoms with van der Waals surface area (Å²) in [4.78, 5) is 11.5. The number of hydrogen-bond donors (Lipinski definition) is 1. The highest BCUT2D eigenvalue weighted by Crippen LogP contribution is 2.17. The highest BCUT2D eigenvalue weighted by atomic mass is 32.2. The Labute approximate surface area is 105 Å². The van der Waals surface area contributed by atoms with E-state index in [-0.39, 0.29) is 6.04 Å². The van der Waals surface area contributed by atoms with Gasteiger partial charge >= 0.3 is 6.09 Å². The van der Waals surface area contributed by atoms with Crippen LogP contribution < -0.4 is 5.32 Å². The Kier molecular flexibility index (Phi) is 4.39. The molecule has 17 heavy (non-hydrogen) atoms. The van der Waals surface area contributed by atoms with Gasteiger partial charge < -0.3 is 14.5 Å². The summed E-state index contributed by atoms with van der Waals surface area (Å²) in [6.07, 6.45) is 1.33. The van der Waals surface area contributed by atoms with Crippen LogP contribution in [0.15, 0.2) is 9.64 Å². The Hall–Kier alpha value is -1.24. The SMILES string of the molecule is CSc1nnc([C@H](C)NC(=O)OC(C)(C)C)o1. The Morgan fingerprint density at radius 2 is 2.12 bits per heavy atom. The summed E-state index contributed by atoms with van der Waals surface area (Å²) >= 11 is 1.35. The zero-order valence-electron chi connectivity index (χ0n) is 10.6. The smallest absolute Gasteiger partial charge is 0.408 e. The quantitative estimate of drug-likeness (QED) is 0.840. The van der Waals surface area contributed by atoms with E-state index in [1.165, 1.54) is 11.8 Å². The number of rotatable bonds is 3. The Morgan fingerprint density at radius 1 is 1.47 bits per heavy atom. The molecule has 0 unspecified atom stereocenters. The third kappa shape index (κ3) is 4.64. The molecule has 6 nitrogen and oxygen atoms in total. The van der Waals surface area contributed by atoms with Crippen LogP contribution in [0.4, 0.5) is 4.79 Å². The van der Waals surface area contributed by atoms with Crippen LogP contribution >= 0.6 is 11.8 Å². The molecule has 0 saturated heterocycles. The van der Waals surface area contributed by atoms with E-state index >= 15 is 0 Å². The Morgan fingerprint density at radius 3 is 2.59 bits per heavy atom. The van der Waals surface area contributed by atoms with Crippen molar-refractivity contribution in [3.63, 3.8) is 0 Å². The number of carbonyl (C=O) groups excluding carboxylic acids is 1. The van der Waals surface area contributed by atoms with Gasteiger partial charge in [-0.05, 0) is 34.0 Å². The molecule has 0 saturated carbocycles. The van der Waals surface area contributed by atoms with Crippen molar-refractivity contribution < 1.29 is 13.9 Å². The van der Waals surface area contributed by atoms with Crippen molar-refractivity contribution in [1.82, 2.24) is 15.5 Å². The van der Waals surface area contributed by atoms with Crippen LogP contribution in [-0.4, -0.2) is 28.1 Å². The van der Waals surface area contributed by atoms with E-state index < -0.39 is 11.7 Å². The standard InChI is InChI=1S/C10H17N3O3S/c1-6(7-12-13-9(15-7)17-5)11-8(14)16-10(2,3)4/h6H,1-5H3,(H,11,14)/t6-/m0/s1. The maximum absolute atomic E-state index is 11.5. The highest BCUT2D eigenvalue weighted by molar-refractivity contribution is 7.98. The minimum Gasteiger partial charge on any atom is -0.444 e. The van der Waals surface area contributed by atoms with Crippen molar-refractivity contribution in [1.29, 1.82) is 0 Å². The fourth-order valence-electron chi connectivity index (χ4n) is 1.02. The summed E-state index contributed by atoms with van der Waals surface area (Å²) in [6, 6.07) is -0.377. The van der Waals surface area contributed by atoms with Crippen LogP contribution in [-0.2, 0) is 4.74 Å². The van der Waals surface area contributed by atoms with Gasteiger partial charge in [0.1, 0.15) is 11.6 Å². The van der Waals surface area contributed by atoms with Crippen molar-refractivity contribution in [2.75, 3.05) is 6.26 Å². The minimum absolute atomic E-state index is 0.361.